The molecule has 6 nitrogen and oxygen atoms in total. The Bertz CT molecular complexity index is 1020. The number of aromatic nitrogens is 3. The molecule has 1 N–H and O–H groups in total. The van der Waals surface area contributed by atoms with Gasteiger partial charge in [-0.05, 0) is 37.1 Å². The molecule has 0 bridgehead atoms. The third kappa shape index (κ3) is 3.78. The number of nitrogens with one attached hydrogen (secondary N) is 1. The second kappa shape index (κ2) is 7.90. The number of hydrogen-bond donors (Lipinski definition) is 1. The molecular weight excluding hydrogens is 376 g/mol. The molecule has 1 fully saturated rings. The Kier molecular flexibility index (Phi) is 5.16. The van der Waals surface area contributed by atoms with Crippen LogP contribution in [0.4, 0.5) is 20.3 Å². The number of hydrogen-bond acceptors (Lipinski definition) is 5. The lowest BCUT2D eigenvalue weighted by Gasteiger charge is -2.19. The Morgan fingerprint density at radius 3 is 2.55 bits per heavy atom. The maximum Gasteiger partial charge on any atom is 0.249 e. The van der Waals surface area contributed by atoms with E-state index in [2.05, 4.69) is 20.3 Å². The van der Waals surface area contributed by atoms with E-state index >= 15 is 0 Å². The number of carbonyl (C=O) groups excluding carboxylic acids is 1. The highest BCUT2D eigenvalue weighted by molar-refractivity contribution is 6.01. The predicted molar refractivity (Wildman–Crippen MR) is 105 cm³/mol. The van der Waals surface area contributed by atoms with Gasteiger partial charge in [-0.3, -0.25) is 9.78 Å². The number of rotatable bonds is 5. The van der Waals surface area contributed by atoms with Gasteiger partial charge in [-0.25, -0.2) is 18.7 Å². The average molecular weight is 395 g/mol. The fraction of sp³-hybridized carbons (Fsp3) is 0.238. The molecule has 3 heterocycles. The zero-order chi connectivity index (χ0) is 20.4. The van der Waals surface area contributed by atoms with Crippen LogP contribution in [-0.2, 0) is 11.2 Å². The third-order valence-electron chi connectivity index (χ3n) is 4.82. The molecule has 0 saturated carbocycles. The number of amides is 1. The first-order chi connectivity index (χ1) is 14.1. The second-order valence-corrected chi connectivity index (χ2v) is 6.70. The molecule has 29 heavy (non-hydrogen) atoms. The Morgan fingerprint density at radius 1 is 1.14 bits per heavy atom. The topological polar surface area (TPSA) is 71.0 Å². The number of nitrogens with zero attached hydrogens (tertiary/aromatic N) is 4. The monoisotopic (exact) mass is 395 g/mol. The predicted octanol–water partition coefficient (Wildman–Crippen LogP) is 3.60. The summed E-state index contributed by atoms with van der Waals surface area (Å²) >= 11 is 0. The zero-order valence-electron chi connectivity index (χ0n) is 15.8. The van der Waals surface area contributed by atoms with Crippen LogP contribution in [0.2, 0.25) is 0 Å². The van der Waals surface area contributed by atoms with Crippen LogP contribution in [0.25, 0.3) is 11.4 Å². The van der Waals surface area contributed by atoms with Crippen molar-refractivity contribution in [1.29, 1.82) is 0 Å². The first-order valence-corrected chi connectivity index (χ1v) is 9.37. The summed E-state index contributed by atoms with van der Waals surface area (Å²) in [5.74, 6) is -0.880. The Morgan fingerprint density at radius 2 is 1.86 bits per heavy atom. The summed E-state index contributed by atoms with van der Waals surface area (Å²) in [5.41, 5.74) is 1.32. The smallest absolute Gasteiger partial charge is 0.249 e. The highest BCUT2D eigenvalue weighted by atomic mass is 19.1. The minimum absolute atomic E-state index is 0.220. The second-order valence-electron chi connectivity index (χ2n) is 6.70. The maximum atomic E-state index is 14.1. The van der Waals surface area contributed by atoms with Crippen LogP contribution >= 0.6 is 0 Å². The van der Waals surface area contributed by atoms with Gasteiger partial charge in [-0.1, -0.05) is 13.0 Å². The van der Waals surface area contributed by atoms with Crippen molar-refractivity contribution in [3.8, 4) is 11.4 Å². The fourth-order valence-electron chi connectivity index (χ4n) is 3.34. The van der Waals surface area contributed by atoms with Crippen LogP contribution in [0.1, 0.15) is 19.0 Å². The molecule has 1 aliphatic heterocycles. The molecule has 0 spiro atoms. The first kappa shape index (κ1) is 18.9. The summed E-state index contributed by atoms with van der Waals surface area (Å²) in [4.78, 5) is 27.0. The molecular formula is C21H19F2N5O. The number of aryl methyl sites for hydroxylation is 1. The van der Waals surface area contributed by atoms with E-state index in [0.29, 0.717) is 24.5 Å². The first-order valence-electron chi connectivity index (χ1n) is 9.37. The summed E-state index contributed by atoms with van der Waals surface area (Å²) < 4.78 is 28.2. The lowest BCUT2D eigenvalue weighted by Crippen LogP contribution is -2.34. The van der Waals surface area contributed by atoms with Gasteiger partial charge in [0.1, 0.15) is 29.2 Å². The molecule has 1 atom stereocenters. The molecule has 1 aliphatic rings. The van der Waals surface area contributed by atoms with Crippen molar-refractivity contribution in [2.45, 2.75) is 25.8 Å². The summed E-state index contributed by atoms with van der Waals surface area (Å²) in [5, 5.41) is 3.11. The standard InChI is InChI=1S/C21H19F2N5O/c1-2-14-12-18(27-20(25-14)13-6-9-24-10-7-13)26-17-8-11-28(21(17)29)19-15(22)4-3-5-16(19)23/h3-7,9-10,12,17H,2,8,11H2,1H3,(H,25,26,27). The van der Waals surface area contributed by atoms with Crippen LogP contribution in [-0.4, -0.2) is 33.4 Å². The molecule has 3 aromatic rings. The number of carbonyl (C=O) groups is 1. The van der Waals surface area contributed by atoms with Crippen molar-refractivity contribution in [2.75, 3.05) is 16.8 Å². The minimum Gasteiger partial charge on any atom is -0.358 e. The van der Waals surface area contributed by atoms with Gasteiger partial charge in [-0.2, -0.15) is 0 Å². The van der Waals surface area contributed by atoms with E-state index in [1.807, 2.05) is 19.1 Å². The number of pyridine rings is 1. The quantitative estimate of drug-likeness (QED) is 0.715. The number of halogens is 2. The van der Waals surface area contributed by atoms with Gasteiger partial charge in [0.2, 0.25) is 5.91 Å². The van der Waals surface area contributed by atoms with Crippen molar-refractivity contribution < 1.29 is 13.6 Å². The van der Waals surface area contributed by atoms with Crippen LogP contribution in [0, 0.1) is 11.6 Å². The van der Waals surface area contributed by atoms with Gasteiger partial charge >= 0.3 is 0 Å². The van der Waals surface area contributed by atoms with E-state index in [1.165, 1.54) is 6.07 Å². The molecule has 1 aromatic carbocycles. The van der Waals surface area contributed by atoms with E-state index in [1.54, 1.807) is 18.5 Å². The molecule has 1 unspecified atom stereocenters. The minimum atomic E-state index is -0.755. The van der Waals surface area contributed by atoms with E-state index in [9.17, 15) is 13.6 Å². The third-order valence-corrected chi connectivity index (χ3v) is 4.82. The Labute approximate surface area is 166 Å². The number of para-hydroxylation sites is 1. The van der Waals surface area contributed by atoms with Crippen LogP contribution in [0.3, 0.4) is 0 Å². The molecule has 0 radical (unpaired) electrons. The SMILES string of the molecule is CCc1cc(NC2CCN(c3c(F)cccc3F)C2=O)nc(-c2ccncc2)n1. The molecule has 0 aliphatic carbocycles. The van der Waals surface area contributed by atoms with E-state index < -0.39 is 23.6 Å². The highest BCUT2D eigenvalue weighted by Gasteiger charge is 2.35. The molecule has 148 valence electrons. The van der Waals surface area contributed by atoms with Crippen molar-refractivity contribution in [3.63, 3.8) is 0 Å². The van der Waals surface area contributed by atoms with E-state index in [-0.39, 0.29) is 12.2 Å². The molecule has 1 amide bonds. The summed E-state index contributed by atoms with van der Waals surface area (Å²) in [6, 6.07) is 8.34. The average Bonchev–Trinajstić information content (AvgIpc) is 3.08. The van der Waals surface area contributed by atoms with Crippen molar-refractivity contribution in [3.05, 3.63) is 66.1 Å². The normalized spacial score (nSPS) is 16.3. The summed E-state index contributed by atoms with van der Waals surface area (Å²) in [7, 11) is 0. The Hall–Kier alpha value is -3.42. The summed E-state index contributed by atoms with van der Waals surface area (Å²) in [6.07, 6.45) is 4.42. The van der Waals surface area contributed by atoms with Gasteiger partial charge in [-0.15, -0.1) is 0 Å². The van der Waals surface area contributed by atoms with E-state index in [0.717, 1.165) is 28.3 Å². The number of anilines is 2. The van der Waals surface area contributed by atoms with Crippen LogP contribution < -0.4 is 10.2 Å². The van der Waals surface area contributed by atoms with Gasteiger partial charge < -0.3 is 10.2 Å². The van der Waals surface area contributed by atoms with Gasteiger partial charge in [0.15, 0.2) is 5.82 Å². The maximum absolute atomic E-state index is 14.1. The van der Waals surface area contributed by atoms with Crippen molar-refractivity contribution in [1.82, 2.24) is 15.0 Å². The fourth-order valence-corrected chi connectivity index (χ4v) is 3.34. The lowest BCUT2D eigenvalue weighted by atomic mass is 10.2. The zero-order valence-corrected chi connectivity index (χ0v) is 15.8. The van der Waals surface area contributed by atoms with Crippen molar-refractivity contribution in [2.24, 2.45) is 0 Å². The van der Waals surface area contributed by atoms with E-state index in [4.69, 9.17) is 0 Å². The Balaban J connectivity index is 1.59. The molecule has 1 saturated heterocycles. The van der Waals surface area contributed by atoms with Crippen molar-refractivity contribution >= 4 is 17.4 Å². The molecule has 2 aromatic heterocycles. The highest BCUT2D eigenvalue weighted by Crippen LogP contribution is 2.29. The van der Waals surface area contributed by atoms with Crippen LogP contribution in [0.15, 0.2) is 48.8 Å². The number of benzene rings is 1. The molecule has 4 rings (SSSR count). The summed E-state index contributed by atoms with van der Waals surface area (Å²) in [6.45, 7) is 2.20. The van der Waals surface area contributed by atoms with Gasteiger partial charge in [0.05, 0.1) is 0 Å². The van der Waals surface area contributed by atoms with Gasteiger partial charge in [0.25, 0.3) is 0 Å². The lowest BCUT2D eigenvalue weighted by molar-refractivity contribution is -0.117. The van der Waals surface area contributed by atoms with Gasteiger partial charge in [0, 0.05) is 36.3 Å². The largest absolute Gasteiger partial charge is 0.358 e. The van der Waals surface area contributed by atoms with Crippen LogP contribution in [0.5, 0.6) is 0 Å². The molecule has 8 heteroatoms.